The molecule has 2 atom stereocenters. The molecule has 0 fully saturated rings. The van der Waals surface area contributed by atoms with Gasteiger partial charge in [0.1, 0.15) is 25.5 Å². The van der Waals surface area contributed by atoms with Crippen molar-refractivity contribution in [3.63, 3.8) is 0 Å². The van der Waals surface area contributed by atoms with Crippen LogP contribution in [-0.4, -0.2) is 64.3 Å². The van der Waals surface area contributed by atoms with E-state index >= 15 is 0 Å². The van der Waals surface area contributed by atoms with Crippen LogP contribution in [0.25, 0.3) is 0 Å². The molecule has 2 N–H and O–H groups in total. The monoisotopic (exact) mass is 548 g/mol. The minimum atomic E-state index is -1.23. The zero-order chi connectivity index (χ0) is 27.4. The second kappa shape index (κ2) is 14.7. The molecule has 0 aromatic carbocycles. The number of fused-ring (bicyclic) bond motifs is 4. The molecule has 0 unspecified atom stereocenters. The van der Waals surface area contributed by atoms with Crippen LogP contribution in [0.15, 0.2) is 27.8 Å². The number of carbonyl (C=O) groups is 4. The summed E-state index contributed by atoms with van der Waals surface area (Å²) in [5.41, 5.74) is -0.921. The normalized spacial score (nSPS) is 22.4. The van der Waals surface area contributed by atoms with Crippen LogP contribution in [0.4, 0.5) is 0 Å². The molecule has 0 saturated heterocycles. The summed E-state index contributed by atoms with van der Waals surface area (Å²) in [6.07, 6.45) is 10.5. The number of esters is 1. The Morgan fingerprint density at radius 1 is 1.18 bits per heavy atom. The Hall–Kier alpha value is -3.15. The van der Waals surface area contributed by atoms with Gasteiger partial charge in [0.05, 0.1) is 13.0 Å². The van der Waals surface area contributed by atoms with E-state index in [4.69, 9.17) is 13.9 Å². The lowest BCUT2D eigenvalue weighted by Crippen LogP contribution is -2.46. The SMILES string of the molecule is CCCCCCCC(=O)SCC/C=C/[C@@H]1CC(=O)NCc2nc(co2)C2=N[C@@](C)(CO2)C(=O)NCC(=O)O1. The molecule has 0 radical (unpaired) electrons. The number of hydrogen-bond acceptors (Lipinski definition) is 10. The lowest BCUT2D eigenvalue weighted by Gasteiger charge is -2.18. The van der Waals surface area contributed by atoms with E-state index in [0.717, 1.165) is 19.3 Å². The highest BCUT2D eigenvalue weighted by Crippen LogP contribution is 2.22. The molecule has 1 aromatic rings. The van der Waals surface area contributed by atoms with Crippen molar-refractivity contribution >= 4 is 40.6 Å². The van der Waals surface area contributed by atoms with Gasteiger partial charge in [-0.05, 0) is 25.8 Å². The summed E-state index contributed by atoms with van der Waals surface area (Å²) in [5, 5.41) is 5.39. The van der Waals surface area contributed by atoms with Crippen LogP contribution in [0.5, 0.6) is 0 Å². The number of allylic oxidation sites excluding steroid dienone is 1. The Kier molecular flexibility index (Phi) is 11.4. The number of rotatable bonds is 10. The van der Waals surface area contributed by atoms with Crippen LogP contribution >= 0.6 is 11.8 Å². The molecule has 0 aliphatic carbocycles. The number of ether oxygens (including phenoxy) is 2. The molecule has 2 aliphatic rings. The number of oxazole rings is 1. The molecule has 4 bridgehead atoms. The van der Waals surface area contributed by atoms with E-state index in [2.05, 4.69) is 27.5 Å². The topological polar surface area (TPSA) is 149 Å². The third-order valence-electron chi connectivity index (χ3n) is 5.98. The van der Waals surface area contributed by atoms with E-state index < -0.39 is 23.5 Å². The fourth-order valence-electron chi connectivity index (χ4n) is 3.80. The van der Waals surface area contributed by atoms with E-state index in [1.807, 2.05) is 0 Å². The summed E-state index contributed by atoms with van der Waals surface area (Å²) in [4.78, 5) is 58.2. The summed E-state index contributed by atoms with van der Waals surface area (Å²) in [6, 6.07) is 0. The van der Waals surface area contributed by atoms with E-state index in [1.165, 1.54) is 30.9 Å². The minimum Gasteiger partial charge on any atom is -0.473 e. The highest BCUT2D eigenvalue weighted by molar-refractivity contribution is 8.13. The van der Waals surface area contributed by atoms with Crippen molar-refractivity contribution in [2.75, 3.05) is 18.9 Å². The van der Waals surface area contributed by atoms with Crippen molar-refractivity contribution in [1.29, 1.82) is 0 Å². The van der Waals surface area contributed by atoms with E-state index in [9.17, 15) is 19.2 Å². The Morgan fingerprint density at radius 2 is 2.00 bits per heavy atom. The lowest BCUT2D eigenvalue weighted by molar-refractivity contribution is -0.148. The average Bonchev–Trinajstić information content (AvgIpc) is 3.52. The first-order valence-electron chi connectivity index (χ1n) is 13.0. The Morgan fingerprint density at radius 3 is 2.82 bits per heavy atom. The molecule has 0 saturated carbocycles. The third-order valence-corrected chi connectivity index (χ3v) is 6.95. The molecule has 12 heteroatoms. The van der Waals surface area contributed by atoms with Gasteiger partial charge < -0.3 is 24.5 Å². The standard InChI is InChI=1S/C26H36N4O7S/c1-3-4-5-6-7-11-23(33)38-12-9-8-10-18-13-20(31)27-14-21-29-19(16-35-21)24-30-26(2,17-36-24)25(34)28-15-22(32)37-18/h8,10,16,18H,3-7,9,11-15,17H2,1-2H3,(H,27,31)(H,28,34)/b10-8+/t18-,26+/m1/s1. The number of nitrogens with one attached hydrogen (secondary N) is 2. The predicted octanol–water partition coefficient (Wildman–Crippen LogP) is 2.82. The molecule has 11 nitrogen and oxygen atoms in total. The summed E-state index contributed by atoms with van der Waals surface area (Å²) in [6.45, 7) is 3.36. The van der Waals surface area contributed by atoms with Gasteiger partial charge >= 0.3 is 5.97 Å². The number of carbonyl (C=O) groups excluding carboxylic acids is 4. The van der Waals surface area contributed by atoms with E-state index in [-0.39, 0.29) is 48.9 Å². The minimum absolute atomic E-state index is 0.0193. The van der Waals surface area contributed by atoms with Gasteiger partial charge in [0.2, 0.25) is 17.7 Å². The number of thioether (sulfide) groups is 1. The van der Waals surface area contributed by atoms with Crippen LogP contribution in [0, 0.1) is 0 Å². The van der Waals surface area contributed by atoms with Gasteiger partial charge in [0, 0.05) is 12.2 Å². The van der Waals surface area contributed by atoms with Crippen molar-refractivity contribution in [1.82, 2.24) is 15.6 Å². The summed E-state index contributed by atoms with van der Waals surface area (Å²) in [7, 11) is 0. The second-order valence-electron chi connectivity index (χ2n) is 9.40. The molecular weight excluding hydrogens is 512 g/mol. The molecule has 2 amide bonds. The first-order chi connectivity index (χ1) is 18.3. The number of amides is 2. The highest BCUT2D eigenvalue weighted by atomic mass is 32.2. The smallest absolute Gasteiger partial charge is 0.326 e. The van der Waals surface area contributed by atoms with Crippen molar-refractivity contribution in [3.8, 4) is 0 Å². The molecule has 1 aromatic heterocycles. The van der Waals surface area contributed by atoms with Crippen LogP contribution < -0.4 is 10.6 Å². The van der Waals surface area contributed by atoms with Crippen molar-refractivity contribution in [2.24, 2.45) is 4.99 Å². The van der Waals surface area contributed by atoms with Gasteiger partial charge in [-0.1, -0.05) is 50.4 Å². The second-order valence-corrected chi connectivity index (χ2v) is 10.6. The molecule has 208 valence electrons. The largest absolute Gasteiger partial charge is 0.473 e. The molecular formula is C26H36N4O7S. The highest BCUT2D eigenvalue weighted by Gasteiger charge is 2.40. The number of cyclic esters (lactones) is 1. The molecule has 3 rings (SSSR count). The molecule has 2 aliphatic heterocycles. The third kappa shape index (κ3) is 9.30. The fraction of sp³-hybridized carbons (Fsp3) is 0.615. The number of unbranched alkanes of at least 4 members (excludes halogenated alkanes) is 4. The van der Waals surface area contributed by atoms with Gasteiger partial charge in [-0.3, -0.25) is 19.2 Å². The summed E-state index contributed by atoms with van der Waals surface area (Å²) >= 11 is 1.29. The molecule has 0 spiro atoms. The summed E-state index contributed by atoms with van der Waals surface area (Å²) in [5.74, 6) is -0.586. The Balaban J connectivity index is 1.54. The first kappa shape index (κ1) is 29.4. The van der Waals surface area contributed by atoms with Gasteiger partial charge in [-0.15, -0.1) is 0 Å². The number of hydrogen-bond donors (Lipinski definition) is 2. The first-order valence-corrected chi connectivity index (χ1v) is 14.0. The van der Waals surface area contributed by atoms with Gasteiger partial charge in [-0.25, -0.2) is 9.98 Å². The summed E-state index contributed by atoms with van der Waals surface area (Å²) < 4.78 is 16.3. The van der Waals surface area contributed by atoms with Crippen LogP contribution in [0.2, 0.25) is 0 Å². The van der Waals surface area contributed by atoms with Gasteiger partial charge in [0.25, 0.3) is 5.91 Å². The van der Waals surface area contributed by atoms with Crippen molar-refractivity contribution in [3.05, 3.63) is 30.0 Å². The van der Waals surface area contributed by atoms with Crippen molar-refractivity contribution < 1.29 is 33.1 Å². The number of aromatic nitrogens is 1. The number of nitrogens with zero attached hydrogens (tertiary/aromatic N) is 2. The van der Waals surface area contributed by atoms with E-state index in [1.54, 1.807) is 19.1 Å². The average molecular weight is 549 g/mol. The Bertz CT molecular complexity index is 1050. The van der Waals surface area contributed by atoms with E-state index in [0.29, 0.717) is 24.3 Å². The zero-order valence-electron chi connectivity index (χ0n) is 22.0. The fourth-order valence-corrected chi connectivity index (χ4v) is 4.57. The van der Waals surface area contributed by atoms with Crippen LogP contribution in [0.1, 0.15) is 76.8 Å². The van der Waals surface area contributed by atoms with Gasteiger partial charge in [-0.2, -0.15) is 0 Å². The molecule has 38 heavy (non-hydrogen) atoms. The Labute approximate surface area is 226 Å². The van der Waals surface area contributed by atoms with Gasteiger partial charge in [0.15, 0.2) is 16.3 Å². The maximum absolute atomic E-state index is 12.7. The lowest BCUT2D eigenvalue weighted by atomic mass is 10.0. The number of aliphatic imine (C=N–C) groups is 1. The molecule has 3 heterocycles. The van der Waals surface area contributed by atoms with Crippen LogP contribution in [-0.2, 0) is 35.2 Å². The quantitative estimate of drug-likeness (QED) is 0.256. The maximum Gasteiger partial charge on any atom is 0.326 e. The zero-order valence-corrected chi connectivity index (χ0v) is 22.8. The predicted molar refractivity (Wildman–Crippen MR) is 141 cm³/mol. The maximum atomic E-state index is 12.7. The van der Waals surface area contributed by atoms with Crippen LogP contribution in [0.3, 0.4) is 0 Å². The van der Waals surface area contributed by atoms with Crippen molar-refractivity contribution in [2.45, 2.75) is 83.4 Å².